The van der Waals surface area contributed by atoms with Crippen LogP contribution in [0.4, 0.5) is 0 Å². The van der Waals surface area contributed by atoms with Crippen LogP contribution in [0, 0.1) is 0 Å². The Labute approximate surface area is 99.1 Å². The summed E-state index contributed by atoms with van der Waals surface area (Å²) in [5.41, 5.74) is 2.83. The molecule has 0 amide bonds. The zero-order chi connectivity index (χ0) is 12.2. The van der Waals surface area contributed by atoms with Crippen molar-refractivity contribution in [2.24, 2.45) is 0 Å². The molecule has 0 aliphatic rings. The second kappa shape index (κ2) is 5.20. The van der Waals surface area contributed by atoms with Crippen molar-refractivity contribution < 1.29 is 4.74 Å². The van der Waals surface area contributed by atoms with Gasteiger partial charge in [-0.25, -0.2) is 0 Å². The predicted octanol–water partition coefficient (Wildman–Crippen LogP) is 4.33. The predicted molar refractivity (Wildman–Crippen MR) is 70.1 cm³/mol. The Morgan fingerprint density at radius 2 is 1.69 bits per heavy atom. The summed E-state index contributed by atoms with van der Waals surface area (Å²) in [4.78, 5) is 0. The molecule has 0 fully saturated rings. The van der Waals surface area contributed by atoms with E-state index in [-0.39, 0.29) is 5.41 Å². The number of ether oxygens (including phenoxy) is 1. The highest BCUT2D eigenvalue weighted by Gasteiger charge is 2.12. The van der Waals surface area contributed by atoms with E-state index in [1.54, 1.807) is 0 Å². The van der Waals surface area contributed by atoms with Crippen LogP contribution in [0.25, 0.3) is 0 Å². The van der Waals surface area contributed by atoms with E-state index in [4.69, 9.17) is 4.74 Å². The molecule has 1 aromatic rings. The first-order valence-corrected chi connectivity index (χ1v) is 5.76. The third kappa shape index (κ3) is 4.09. The Hall–Kier alpha value is -1.24. The fourth-order valence-electron chi connectivity index (χ4n) is 1.36. The molecule has 0 atom stereocenters. The summed E-state index contributed by atoms with van der Waals surface area (Å²) in [6, 6.07) is 8.36. The molecule has 88 valence electrons. The molecular formula is C15H22O. The van der Waals surface area contributed by atoms with Crippen molar-refractivity contribution in [1.29, 1.82) is 0 Å². The normalized spacial score (nSPS) is 11.1. The van der Waals surface area contributed by atoms with Gasteiger partial charge in [0.05, 0.1) is 0 Å². The Kier molecular flexibility index (Phi) is 4.17. The Bertz CT molecular complexity index is 348. The van der Waals surface area contributed by atoms with Gasteiger partial charge in [-0.05, 0) is 43.0 Å². The van der Waals surface area contributed by atoms with Crippen LogP contribution in [-0.4, -0.2) is 6.61 Å². The fraction of sp³-hybridized carbons (Fsp3) is 0.467. The number of hydrogen-bond donors (Lipinski definition) is 0. The first-order valence-electron chi connectivity index (χ1n) is 5.76. The lowest BCUT2D eigenvalue weighted by Crippen LogP contribution is -2.10. The molecule has 0 aromatic heterocycles. The van der Waals surface area contributed by atoms with Gasteiger partial charge in [-0.2, -0.15) is 0 Å². The Balaban J connectivity index is 2.62. The summed E-state index contributed by atoms with van der Waals surface area (Å²) < 4.78 is 5.61. The van der Waals surface area contributed by atoms with Crippen molar-refractivity contribution in [3.63, 3.8) is 0 Å². The third-order valence-corrected chi connectivity index (χ3v) is 2.46. The molecule has 1 aromatic carbocycles. The summed E-state index contributed by atoms with van der Waals surface area (Å²) in [6.07, 6.45) is 2.08. The van der Waals surface area contributed by atoms with Gasteiger partial charge in [0.2, 0.25) is 0 Å². The van der Waals surface area contributed by atoms with E-state index in [9.17, 15) is 0 Å². The van der Waals surface area contributed by atoms with E-state index in [0.29, 0.717) is 6.61 Å². The van der Waals surface area contributed by atoms with Gasteiger partial charge in [-0.3, -0.25) is 0 Å². The molecule has 0 aliphatic heterocycles. The van der Waals surface area contributed by atoms with Crippen molar-refractivity contribution in [3.8, 4) is 5.75 Å². The molecule has 1 rings (SSSR count). The highest BCUT2D eigenvalue weighted by Crippen LogP contribution is 2.24. The van der Waals surface area contributed by atoms with E-state index >= 15 is 0 Å². The molecule has 0 N–H and O–H groups in total. The van der Waals surface area contributed by atoms with E-state index < -0.39 is 0 Å². The number of benzene rings is 1. The standard InChI is InChI=1S/C15H22O/c1-12(2)10-11-16-14-8-6-13(7-9-14)15(3,4)5/h6-10H,11H2,1-5H3. The maximum atomic E-state index is 5.61. The van der Waals surface area contributed by atoms with Gasteiger partial charge in [0, 0.05) is 0 Å². The molecular weight excluding hydrogens is 196 g/mol. The highest BCUT2D eigenvalue weighted by atomic mass is 16.5. The first kappa shape index (κ1) is 12.8. The van der Waals surface area contributed by atoms with Crippen molar-refractivity contribution >= 4 is 0 Å². The summed E-state index contributed by atoms with van der Waals surface area (Å²) in [7, 11) is 0. The van der Waals surface area contributed by atoms with Crippen LogP contribution in [0.5, 0.6) is 5.75 Å². The minimum Gasteiger partial charge on any atom is -0.490 e. The highest BCUT2D eigenvalue weighted by molar-refractivity contribution is 5.31. The van der Waals surface area contributed by atoms with Gasteiger partial charge in [-0.15, -0.1) is 0 Å². The largest absolute Gasteiger partial charge is 0.490 e. The third-order valence-electron chi connectivity index (χ3n) is 2.46. The molecule has 0 unspecified atom stereocenters. The maximum Gasteiger partial charge on any atom is 0.119 e. The number of hydrogen-bond acceptors (Lipinski definition) is 1. The van der Waals surface area contributed by atoms with Crippen LogP contribution in [-0.2, 0) is 5.41 Å². The van der Waals surface area contributed by atoms with E-state index in [2.05, 4.69) is 52.8 Å². The van der Waals surface area contributed by atoms with Gasteiger partial charge in [0.25, 0.3) is 0 Å². The summed E-state index contributed by atoms with van der Waals surface area (Å²) in [5.74, 6) is 0.936. The van der Waals surface area contributed by atoms with Gasteiger partial charge in [-0.1, -0.05) is 38.5 Å². The fourth-order valence-corrected chi connectivity index (χ4v) is 1.36. The average Bonchev–Trinajstić information content (AvgIpc) is 2.16. The molecule has 0 saturated heterocycles. The lowest BCUT2D eigenvalue weighted by molar-refractivity contribution is 0.361. The van der Waals surface area contributed by atoms with E-state index in [0.717, 1.165) is 5.75 Å². The van der Waals surface area contributed by atoms with E-state index in [1.165, 1.54) is 11.1 Å². The van der Waals surface area contributed by atoms with E-state index in [1.807, 2.05) is 12.1 Å². The Morgan fingerprint density at radius 3 is 2.12 bits per heavy atom. The molecule has 0 saturated carbocycles. The van der Waals surface area contributed by atoms with Crippen LogP contribution in [0.1, 0.15) is 40.2 Å². The van der Waals surface area contributed by atoms with Crippen LogP contribution >= 0.6 is 0 Å². The number of allylic oxidation sites excluding steroid dienone is 1. The van der Waals surface area contributed by atoms with Crippen LogP contribution in [0.15, 0.2) is 35.9 Å². The lowest BCUT2D eigenvalue weighted by Gasteiger charge is -2.19. The molecule has 0 heterocycles. The quantitative estimate of drug-likeness (QED) is 0.686. The van der Waals surface area contributed by atoms with Crippen LogP contribution in [0.2, 0.25) is 0 Å². The summed E-state index contributed by atoms with van der Waals surface area (Å²) in [6.45, 7) is 11.4. The number of rotatable bonds is 3. The minimum atomic E-state index is 0.207. The molecule has 1 nitrogen and oxygen atoms in total. The topological polar surface area (TPSA) is 9.23 Å². The van der Waals surface area contributed by atoms with Crippen LogP contribution < -0.4 is 4.74 Å². The molecule has 0 aliphatic carbocycles. The minimum absolute atomic E-state index is 0.207. The zero-order valence-electron chi connectivity index (χ0n) is 11.0. The zero-order valence-corrected chi connectivity index (χ0v) is 11.0. The van der Waals surface area contributed by atoms with Gasteiger partial charge < -0.3 is 4.74 Å². The smallest absolute Gasteiger partial charge is 0.119 e. The monoisotopic (exact) mass is 218 g/mol. The lowest BCUT2D eigenvalue weighted by atomic mass is 9.87. The molecule has 0 bridgehead atoms. The van der Waals surface area contributed by atoms with Gasteiger partial charge in [0.15, 0.2) is 0 Å². The molecule has 1 heteroatoms. The molecule has 16 heavy (non-hydrogen) atoms. The van der Waals surface area contributed by atoms with Crippen molar-refractivity contribution in [1.82, 2.24) is 0 Å². The van der Waals surface area contributed by atoms with Gasteiger partial charge in [0.1, 0.15) is 12.4 Å². The summed E-state index contributed by atoms with van der Waals surface area (Å²) >= 11 is 0. The first-order chi connectivity index (χ1) is 7.39. The molecule has 0 radical (unpaired) electrons. The average molecular weight is 218 g/mol. The van der Waals surface area contributed by atoms with Crippen molar-refractivity contribution in [3.05, 3.63) is 41.5 Å². The molecule has 0 spiro atoms. The Morgan fingerprint density at radius 1 is 1.12 bits per heavy atom. The maximum absolute atomic E-state index is 5.61. The second-order valence-electron chi connectivity index (χ2n) is 5.37. The summed E-state index contributed by atoms with van der Waals surface area (Å²) in [5, 5.41) is 0. The van der Waals surface area contributed by atoms with Crippen molar-refractivity contribution in [2.45, 2.75) is 40.0 Å². The van der Waals surface area contributed by atoms with Crippen LogP contribution in [0.3, 0.4) is 0 Å². The second-order valence-corrected chi connectivity index (χ2v) is 5.37. The van der Waals surface area contributed by atoms with Crippen molar-refractivity contribution in [2.75, 3.05) is 6.61 Å². The van der Waals surface area contributed by atoms with Gasteiger partial charge >= 0.3 is 0 Å². The SMILES string of the molecule is CC(C)=CCOc1ccc(C(C)(C)C)cc1.